The van der Waals surface area contributed by atoms with Gasteiger partial charge in [0.15, 0.2) is 17.1 Å². The first kappa shape index (κ1) is 27.5. The van der Waals surface area contributed by atoms with Crippen molar-refractivity contribution in [2.24, 2.45) is 0 Å². The normalized spacial score (nSPS) is 13.6. The highest BCUT2D eigenvalue weighted by Gasteiger charge is 2.35. The molecule has 0 aliphatic heterocycles. The molecule has 0 atom stereocenters. The fraction of sp³-hybridized carbons (Fsp3) is 0.0652. The molecule has 0 N–H and O–H groups in total. The van der Waals surface area contributed by atoms with E-state index in [1.54, 1.807) is 0 Å². The van der Waals surface area contributed by atoms with Gasteiger partial charge >= 0.3 is 0 Å². The molecule has 1 aliphatic rings. The molecule has 0 unspecified atom stereocenters. The summed E-state index contributed by atoms with van der Waals surface area (Å²) in [6.07, 6.45) is 0. The summed E-state index contributed by atoms with van der Waals surface area (Å²) in [5.41, 5.74) is 8.94. The maximum atomic E-state index is 6.45. The van der Waals surface area contributed by atoms with Crippen LogP contribution in [0.25, 0.3) is 98.8 Å². The molecule has 0 fully saturated rings. The largest absolute Gasteiger partial charge is 0.456 e. The van der Waals surface area contributed by atoms with Crippen molar-refractivity contribution < 1.29 is 4.42 Å². The van der Waals surface area contributed by atoms with Crippen molar-refractivity contribution in [1.29, 1.82) is 0 Å². The molecule has 0 saturated heterocycles. The fourth-order valence-corrected chi connectivity index (χ4v) is 8.41. The van der Waals surface area contributed by atoms with Crippen LogP contribution in [-0.2, 0) is 5.41 Å². The maximum absolute atomic E-state index is 6.45. The van der Waals surface area contributed by atoms with Gasteiger partial charge in [-0.15, -0.1) is 0 Å². The molecule has 0 radical (unpaired) electrons. The number of furan rings is 1. The minimum absolute atomic E-state index is 0.0841. The van der Waals surface area contributed by atoms with E-state index in [0.29, 0.717) is 17.1 Å². The molecule has 0 saturated carbocycles. The predicted octanol–water partition coefficient (Wildman–Crippen LogP) is 12.1. The second-order valence-corrected chi connectivity index (χ2v) is 14.0. The van der Waals surface area contributed by atoms with E-state index < -0.39 is 0 Å². The van der Waals surface area contributed by atoms with E-state index in [0.717, 1.165) is 59.8 Å². The molecule has 4 nitrogen and oxygen atoms in total. The number of hydrogen-bond acceptors (Lipinski definition) is 4. The third-order valence-corrected chi connectivity index (χ3v) is 10.9. The van der Waals surface area contributed by atoms with Gasteiger partial charge < -0.3 is 4.42 Å². The molecule has 7 aromatic carbocycles. The number of rotatable bonds is 1. The molecule has 10 aromatic rings. The van der Waals surface area contributed by atoms with Crippen LogP contribution in [0.2, 0.25) is 0 Å². The van der Waals surface area contributed by atoms with Crippen molar-refractivity contribution in [3.05, 3.63) is 151 Å². The van der Waals surface area contributed by atoms with Gasteiger partial charge in [-0.1, -0.05) is 117 Å². The van der Waals surface area contributed by atoms with Crippen molar-refractivity contribution in [1.82, 2.24) is 15.0 Å². The molecular weight excluding hydrogens is 611 g/mol. The van der Waals surface area contributed by atoms with E-state index in [4.69, 9.17) is 19.4 Å². The molecule has 234 valence electrons. The highest BCUT2D eigenvalue weighted by atomic mass is 16.3. The van der Waals surface area contributed by atoms with Gasteiger partial charge in [0.2, 0.25) is 0 Å². The van der Waals surface area contributed by atoms with E-state index >= 15 is 0 Å². The topological polar surface area (TPSA) is 51.8 Å². The summed E-state index contributed by atoms with van der Waals surface area (Å²) in [6, 6.07) is 49.8. The molecule has 4 heteroatoms. The van der Waals surface area contributed by atoms with Crippen molar-refractivity contribution in [2.75, 3.05) is 0 Å². The van der Waals surface area contributed by atoms with Crippen molar-refractivity contribution in [3.63, 3.8) is 0 Å². The van der Waals surface area contributed by atoms with Gasteiger partial charge in [-0.2, -0.15) is 0 Å². The summed E-state index contributed by atoms with van der Waals surface area (Å²) in [7, 11) is 0. The van der Waals surface area contributed by atoms with Crippen molar-refractivity contribution >= 4 is 76.3 Å². The average Bonchev–Trinajstić information content (AvgIpc) is 3.65. The average molecular weight is 640 g/mol. The van der Waals surface area contributed by atoms with Crippen LogP contribution in [0.5, 0.6) is 0 Å². The Kier molecular flexibility index (Phi) is 5.42. The van der Waals surface area contributed by atoms with Gasteiger partial charge in [0.25, 0.3) is 0 Å². The lowest BCUT2D eigenvalue weighted by Gasteiger charge is -2.21. The highest BCUT2D eigenvalue weighted by molar-refractivity contribution is 6.21. The van der Waals surface area contributed by atoms with Crippen LogP contribution in [0, 0.1) is 0 Å². The number of fused-ring (bicyclic) bond motifs is 15. The summed E-state index contributed by atoms with van der Waals surface area (Å²) in [5, 5.41) is 10.8. The van der Waals surface area contributed by atoms with Gasteiger partial charge in [0, 0.05) is 32.5 Å². The minimum atomic E-state index is -0.0841. The summed E-state index contributed by atoms with van der Waals surface area (Å²) in [6.45, 7) is 4.61. The van der Waals surface area contributed by atoms with Gasteiger partial charge in [-0.05, 0) is 91.0 Å². The van der Waals surface area contributed by atoms with Crippen LogP contribution in [0.4, 0.5) is 0 Å². The Bertz CT molecular complexity index is 3140. The second kappa shape index (κ2) is 9.83. The lowest BCUT2D eigenvalue weighted by atomic mass is 9.82. The summed E-state index contributed by atoms with van der Waals surface area (Å²) < 4.78 is 6.45. The third-order valence-electron chi connectivity index (χ3n) is 10.9. The quantitative estimate of drug-likeness (QED) is 0.179. The number of aromatic nitrogens is 3. The Balaban J connectivity index is 1.35. The molecule has 0 amide bonds. The van der Waals surface area contributed by atoms with Crippen LogP contribution in [0.3, 0.4) is 0 Å². The fourth-order valence-electron chi connectivity index (χ4n) is 8.41. The van der Waals surface area contributed by atoms with Crippen LogP contribution in [-0.4, -0.2) is 15.0 Å². The lowest BCUT2D eigenvalue weighted by molar-refractivity contribution is 0.660. The molecule has 0 spiro atoms. The second-order valence-electron chi connectivity index (χ2n) is 14.0. The first-order chi connectivity index (χ1) is 24.5. The summed E-state index contributed by atoms with van der Waals surface area (Å²) in [4.78, 5) is 15.8. The molecule has 3 aromatic heterocycles. The lowest BCUT2D eigenvalue weighted by Crippen LogP contribution is -2.14. The summed E-state index contributed by atoms with van der Waals surface area (Å²) >= 11 is 0. The Morgan fingerprint density at radius 1 is 0.440 bits per heavy atom. The van der Waals surface area contributed by atoms with E-state index in [1.807, 2.05) is 12.1 Å². The van der Waals surface area contributed by atoms with Crippen LogP contribution < -0.4 is 0 Å². The van der Waals surface area contributed by atoms with Gasteiger partial charge in [0.05, 0.1) is 0 Å². The monoisotopic (exact) mass is 639 g/mol. The SMILES string of the molecule is CC1(C)c2ccccc2-c2cc(-c3nc4nc(n3)c3cccc5oc6ccc(cc6c53)c3cc5ccccc5c(c3)c3ccccc43)ccc21. The maximum Gasteiger partial charge on any atom is 0.164 e. The van der Waals surface area contributed by atoms with Gasteiger partial charge in [-0.25, -0.2) is 15.0 Å². The predicted molar refractivity (Wildman–Crippen MR) is 206 cm³/mol. The number of hydrogen-bond donors (Lipinski definition) is 0. The molecule has 50 heavy (non-hydrogen) atoms. The van der Waals surface area contributed by atoms with Crippen LogP contribution in [0.1, 0.15) is 25.0 Å². The van der Waals surface area contributed by atoms with Crippen molar-refractivity contribution in [3.8, 4) is 22.5 Å². The van der Waals surface area contributed by atoms with Gasteiger partial charge in [-0.3, -0.25) is 0 Å². The minimum Gasteiger partial charge on any atom is -0.456 e. The van der Waals surface area contributed by atoms with Crippen molar-refractivity contribution in [2.45, 2.75) is 19.3 Å². The zero-order valence-corrected chi connectivity index (χ0v) is 27.5. The third kappa shape index (κ3) is 3.79. The van der Waals surface area contributed by atoms with E-state index in [2.05, 4.69) is 141 Å². The standard InChI is InChI=1S/C46H29N3O/c1-46(2)38-16-8-7-13-32(38)36-24-28(18-20-39(36)46)43-47-44-33-14-6-5-12-31(33)35-25-29(22-27-10-3-4-11-30(27)35)26-19-21-40-37(23-26)42-34(45(48-43)49-44)15-9-17-41(42)50-40/h3-25H,1-2H3. The number of nitrogens with zero attached hydrogens (tertiary/aromatic N) is 3. The Morgan fingerprint density at radius 3 is 2.06 bits per heavy atom. The van der Waals surface area contributed by atoms with Gasteiger partial charge in [0.1, 0.15) is 11.2 Å². The Labute approximate surface area is 287 Å². The van der Waals surface area contributed by atoms with E-state index in [9.17, 15) is 0 Å². The van der Waals surface area contributed by atoms with Crippen LogP contribution in [0.15, 0.2) is 144 Å². The summed E-state index contributed by atoms with van der Waals surface area (Å²) in [5.74, 6) is 0.642. The molecule has 3 heterocycles. The number of benzene rings is 7. The molecule has 6 bridgehead atoms. The first-order valence-electron chi connectivity index (χ1n) is 17.1. The zero-order valence-electron chi connectivity index (χ0n) is 27.5. The van der Waals surface area contributed by atoms with E-state index in [1.165, 1.54) is 33.0 Å². The van der Waals surface area contributed by atoms with Crippen LogP contribution >= 0.6 is 0 Å². The Morgan fingerprint density at radius 2 is 1.16 bits per heavy atom. The first-order valence-corrected chi connectivity index (χ1v) is 17.1. The Hall–Kier alpha value is -6.39. The molecule has 1 aliphatic carbocycles. The molecule has 11 rings (SSSR count). The highest BCUT2D eigenvalue weighted by Crippen LogP contribution is 2.49. The smallest absolute Gasteiger partial charge is 0.164 e. The zero-order chi connectivity index (χ0) is 33.1. The van der Waals surface area contributed by atoms with E-state index in [-0.39, 0.29) is 5.41 Å². The molecular formula is C46H29N3O.